The van der Waals surface area contributed by atoms with Crippen molar-refractivity contribution in [1.82, 2.24) is 15.1 Å². The summed E-state index contributed by atoms with van der Waals surface area (Å²) >= 11 is 0. The van der Waals surface area contributed by atoms with Gasteiger partial charge in [0.1, 0.15) is 12.6 Å². The molecule has 1 aliphatic rings. The highest BCUT2D eigenvalue weighted by atomic mass is 16.5. The zero-order valence-corrected chi connectivity index (χ0v) is 15.4. The zero-order valence-electron chi connectivity index (χ0n) is 15.4. The van der Waals surface area contributed by atoms with Crippen molar-refractivity contribution in [1.29, 1.82) is 0 Å². The minimum absolute atomic E-state index is 0.0153. The Morgan fingerprint density at radius 1 is 1.12 bits per heavy atom. The van der Waals surface area contributed by atoms with Crippen molar-refractivity contribution in [3.8, 4) is 0 Å². The van der Waals surface area contributed by atoms with Crippen LogP contribution in [0.1, 0.15) is 25.8 Å². The molecule has 1 atom stereocenters. The fourth-order valence-corrected chi connectivity index (χ4v) is 2.85. The summed E-state index contributed by atoms with van der Waals surface area (Å²) in [7, 11) is 2.05. The van der Waals surface area contributed by atoms with Gasteiger partial charge in [0.25, 0.3) is 0 Å². The summed E-state index contributed by atoms with van der Waals surface area (Å²) in [4.78, 5) is 29.0. The molecule has 0 bridgehead atoms. The number of carbonyl (C=O) groups is 2. The first-order valence-electron chi connectivity index (χ1n) is 8.90. The minimum atomic E-state index is -0.544. The van der Waals surface area contributed by atoms with Gasteiger partial charge in [0.15, 0.2) is 0 Å². The number of amides is 2. The summed E-state index contributed by atoms with van der Waals surface area (Å²) in [6.45, 7) is 7.40. The van der Waals surface area contributed by atoms with Crippen molar-refractivity contribution in [2.75, 3.05) is 33.2 Å². The maximum Gasteiger partial charge on any atom is 0.408 e. The molecule has 6 nitrogen and oxygen atoms in total. The standard InChI is InChI=1S/C19H29N3O3/c1-15(2)13-17(18(23)22-11-9-21(3)10-12-22)20-19(24)25-14-16-7-5-4-6-8-16/h4-8,15,17H,9-14H2,1-3H3,(H,20,24)/t17-/m0/s1. The molecule has 0 unspecified atom stereocenters. The Bertz CT molecular complexity index is 554. The summed E-state index contributed by atoms with van der Waals surface area (Å²) < 4.78 is 5.27. The zero-order chi connectivity index (χ0) is 18.2. The van der Waals surface area contributed by atoms with E-state index in [-0.39, 0.29) is 12.5 Å². The molecule has 1 fully saturated rings. The summed E-state index contributed by atoms with van der Waals surface area (Å²) in [6.07, 6.45) is 0.0583. The molecule has 0 aliphatic carbocycles. The lowest BCUT2D eigenvalue weighted by molar-refractivity contribution is -0.135. The third-order valence-electron chi connectivity index (χ3n) is 4.32. The van der Waals surface area contributed by atoms with Gasteiger partial charge in [-0.3, -0.25) is 4.79 Å². The highest BCUT2D eigenvalue weighted by Gasteiger charge is 2.28. The fourth-order valence-electron chi connectivity index (χ4n) is 2.85. The van der Waals surface area contributed by atoms with Gasteiger partial charge in [-0.2, -0.15) is 0 Å². The normalized spacial score (nSPS) is 16.6. The molecule has 1 aromatic carbocycles. The van der Waals surface area contributed by atoms with Crippen LogP contribution < -0.4 is 5.32 Å². The van der Waals surface area contributed by atoms with Crippen LogP contribution in [0.2, 0.25) is 0 Å². The lowest BCUT2D eigenvalue weighted by Crippen LogP contribution is -2.54. The van der Waals surface area contributed by atoms with E-state index in [2.05, 4.69) is 10.2 Å². The Morgan fingerprint density at radius 2 is 1.76 bits per heavy atom. The van der Waals surface area contributed by atoms with Crippen LogP contribution in [-0.4, -0.2) is 61.1 Å². The van der Waals surface area contributed by atoms with Gasteiger partial charge in [0.2, 0.25) is 5.91 Å². The smallest absolute Gasteiger partial charge is 0.408 e. The Labute approximate surface area is 150 Å². The number of rotatable bonds is 6. The van der Waals surface area contributed by atoms with Gasteiger partial charge in [-0.25, -0.2) is 4.79 Å². The second kappa shape index (κ2) is 9.42. The van der Waals surface area contributed by atoms with Crippen LogP contribution >= 0.6 is 0 Å². The van der Waals surface area contributed by atoms with Crippen molar-refractivity contribution < 1.29 is 14.3 Å². The highest BCUT2D eigenvalue weighted by Crippen LogP contribution is 2.11. The van der Waals surface area contributed by atoms with E-state index in [4.69, 9.17) is 4.74 Å². The lowest BCUT2D eigenvalue weighted by Gasteiger charge is -2.35. The van der Waals surface area contributed by atoms with Crippen LogP contribution in [-0.2, 0) is 16.1 Å². The number of carbonyl (C=O) groups excluding carboxylic acids is 2. The number of benzene rings is 1. The fraction of sp³-hybridized carbons (Fsp3) is 0.579. The molecular weight excluding hydrogens is 318 g/mol. The summed E-state index contributed by atoms with van der Waals surface area (Å²) in [5.41, 5.74) is 0.920. The van der Waals surface area contributed by atoms with Crippen molar-refractivity contribution in [2.24, 2.45) is 5.92 Å². The number of ether oxygens (including phenoxy) is 1. The third-order valence-corrected chi connectivity index (χ3v) is 4.32. The van der Waals surface area contributed by atoms with Gasteiger partial charge < -0.3 is 19.9 Å². The van der Waals surface area contributed by atoms with E-state index < -0.39 is 12.1 Å². The van der Waals surface area contributed by atoms with Crippen LogP contribution in [0.25, 0.3) is 0 Å². The highest BCUT2D eigenvalue weighted by molar-refractivity contribution is 5.85. The van der Waals surface area contributed by atoms with E-state index in [9.17, 15) is 9.59 Å². The number of piperazine rings is 1. The number of hydrogen-bond acceptors (Lipinski definition) is 4. The lowest BCUT2D eigenvalue weighted by atomic mass is 10.0. The SMILES string of the molecule is CC(C)C[C@H](NC(=O)OCc1ccccc1)C(=O)N1CCN(C)CC1. The van der Waals surface area contributed by atoms with E-state index in [0.717, 1.165) is 18.7 Å². The molecule has 2 rings (SSSR count). The van der Waals surface area contributed by atoms with Gasteiger partial charge >= 0.3 is 6.09 Å². The average molecular weight is 347 g/mol. The van der Waals surface area contributed by atoms with Crippen molar-refractivity contribution in [3.63, 3.8) is 0 Å². The van der Waals surface area contributed by atoms with E-state index in [1.165, 1.54) is 0 Å². The Morgan fingerprint density at radius 3 is 2.36 bits per heavy atom. The van der Waals surface area contributed by atoms with Crippen molar-refractivity contribution in [3.05, 3.63) is 35.9 Å². The van der Waals surface area contributed by atoms with Gasteiger partial charge in [0, 0.05) is 26.2 Å². The molecule has 1 N–H and O–H groups in total. The first-order chi connectivity index (χ1) is 12.0. The number of nitrogens with one attached hydrogen (secondary N) is 1. The van der Waals surface area contributed by atoms with E-state index in [1.54, 1.807) is 0 Å². The molecule has 0 saturated carbocycles. The minimum Gasteiger partial charge on any atom is -0.445 e. The van der Waals surface area contributed by atoms with Crippen LogP contribution in [0.4, 0.5) is 4.79 Å². The molecule has 2 amide bonds. The van der Waals surface area contributed by atoms with Crippen LogP contribution in [0, 0.1) is 5.92 Å². The molecule has 1 aliphatic heterocycles. The van der Waals surface area contributed by atoms with Gasteiger partial charge in [-0.05, 0) is 24.9 Å². The first kappa shape index (κ1) is 19.2. The average Bonchev–Trinajstić information content (AvgIpc) is 2.60. The Kier molecular flexibility index (Phi) is 7.25. The van der Waals surface area contributed by atoms with Crippen molar-refractivity contribution in [2.45, 2.75) is 32.9 Å². The molecule has 1 saturated heterocycles. The molecule has 0 spiro atoms. The van der Waals surface area contributed by atoms with E-state index in [1.807, 2.05) is 56.1 Å². The van der Waals surface area contributed by atoms with Gasteiger partial charge in [-0.1, -0.05) is 44.2 Å². The molecule has 0 aromatic heterocycles. The van der Waals surface area contributed by atoms with E-state index in [0.29, 0.717) is 25.4 Å². The van der Waals surface area contributed by atoms with Gasteiger partial charge in [0.05, 0.1) is 0 Å². The molecule has 1 heterocycles. The molecule has 6 heteroatoms. The maximum absolute atomic E-state index is 12.8. The van der Waals surface area contributed by atoms with Crippen molar-refractivity contribution >= 4 is 12.0 Å². The van der Waals surface area contributed by atoms with Crippen LogP contribution in [0.3, 0.4) is 0 Å². The predicted molar refractivity (Wildman–Crippen MR) is 97.1 cm³/mol. The molecule has 1 aromatic rings. The van der Waals surface area contributed by atoms with Crippen LogP contribution in [0.15, 0.2) is 30.3 Å². The molecule has 0 radical (unpaired) electrons. The molecule has 138 valence electrons. The second-order valence-corrected chi connectivity index (χ2v) is 7.02. The quantitative estimate of drug-likeness (QED) is 0.856. The Balaban J connectivity index is 1.89. The molecule has 25 heavy (non-hydrogen) atoms. The predicted octanol–water partition coefficient (Wildman–Crippen LogP) is 2.10. The largest absolute Gasteiger partial charge is 0.445 e. The summed E-state index contributed by atoms with van der Waals surface area (Å²) in [5, 5.41) is 2.76. The maximum atomic E-state index is 12.8. The first-order valence-corrected chi connectivity index (χ1v) is 8.90. The summed E-state index contributed by atoms with van der Waals surface area (Å²) in [6, 6.07) is 8.97. The monoisotopic (exact) mass is 347 g/mol. The third kappa shape index (κ3) is 6.38. The number of alkyl carbamates (subject to hydrolysis) is 1. The second-order valence-electron chi connectivity index (χ2n) is 7.02. The molecular formula is C19H29N3O3. The van der Waals surface area contributed by atoms with Gasteiger partial charge in [-0.15, -0.1) is 0 Å². The number of hydrogen-bond donors (Lipinski definition) is 1. The number of likely N-dealkylation sites (N-methyl/N-ethyl adjacent to an activating group) is 1. The topological polar surface area (TPSA) is 61.9 Å². The summed E-state index contributed by atoms with van der Waals surface area (Å²) in [5.74, 6) is 0.286. The van der Waals surface area contributed by atoms with Crippen LogP contribution in [0.5, 0.6) is 0 Å². The Hall–Kier alpha value is -2.08. The van der Waals surface area contributed by atoms with E-state index >= 15 is 0 Å². The number of nitrogens with zero attached hydrogens (tertiary/aromatic N) is 2.